The number of hydrogen-bond acceptors (Lipinski definition) is 2. The van der Waals surface area contributed by atoms with Crippen LogP contribution in [0, 0.1) is 18.6 Å². The molecule has 1 heterocycles. The number of halogens is 2. The second-order valence-electron chi connectivity index (χ2n) is 2.92. The van der Waals surface area contributed by atoms with Gasteiger partial charge in [0.25, 0.3) is 0 Å². The third-order valence-electron chi connectivity index (χ3n) is 1.97. The van der Waals surface area contributed by atoms with Gasteiger partial charge in [0.2, 0.25) is 0 Å². The van der Waals surface area contributed by atoms with Crippen molar-refractivity contribution in [1.29, 1.82) is 0 Å². The molecule has 2 aromatic rings. The zero-order chi connectivity index (χ0) is 10.1. The fraction of sp³-hybridized carbons (Fsp3) is 0.100. The molecule has 0 aliphatic heterocycles. The van der Waals surface area contributed by atoms with E-state index in [2.05, 4.69) is 4.98 Å². The van der Waals surface area contributed by atoms with Crippen LogP contribution >= 0.6 is 0 Å². The zero-order valence-electron chi connectivity index (χ0n) is 7.42. The highest BCUT2D eigenvalue weighted by Crippen LogP contribution is 2.25. The van der Waals surface area contributed by atoms with E-state index in [4.69, 9.17) is 4.42 Å². The Bertz CT molecular complexity index is 451. The summed E-state index contributed by atoms with van der Waals surface area (Å²) in [5.41, 5.74) is 0.358. The summed E-state index contributed by atoms with van der Waals surface area (Å²) in [5, 5.41) is 0. The topological polar surface area (TPSA) is 26.0 Å². The number of benzene rings is 1. The summed E-state index contributed by atoms with van der Waals surface area (Å²) in [6.07, 6.45) is 2.51. The molecule has 0 aliphatic rings. The van der Waals surface area contributed by atoms with Gasteiger partial charge >= 0.3 is 0 Å². The van der Waals surface area contributed by atoms with Crippen LogP contribution in [-0.2, 0) is 0 Å². The Morgan fingerprint density at radius 1 is 1.21 bits per heavy atom. The molecule has 0 N–H and O–H groups in total. The fourth-order valence-electron chi connectivity index (χ4n) is 1.19. The van der Waals surface area contributed by atoms with Crippen molar-refractivity contribution in [2.45, 2.75) is 6.92 Å². The van der Waals surface area contributed by atoms with Gasteiger partial charge in [-0.15, -0.1) is 0 Å². The lowest BCUT2D eigenvalue weighted by atomic mass is 10.1. The van der Waals surface area contributed by atoms with Crippen LogP contribution in [0.4, 0.5) is 8.78 Å². The highest BCUT2D eigenvalue weighted by atomic mass is 19.2. The monoisotopic (exact) mass is 195 g/mol. The van der Waals surface area contributed by atoms with Gasteiger partial charge in [-0.25, -0.2) is 13.8 Å². The molecule has 0 saturated carbocycles. The number of aromatic nitrogens is 1. The Morgan fingerprint density at radius 2 is 2.00 bits per heavy atom. The van der Waals surface area contributed by atoms with E-state index in [9.17, 15) is 8.78 Å². The SMILES string of the molecule is Cc1ccc(-c2cnco2)c(F)c1F. The molecule has 14 heavy (non-hydrogen) atoms. The minimum atomic E-state index is -0.901. The van der Waals surface area contributed by atoms with Crippen molar-refractivity contribution in [1.82, 2.24) is 4.98 Å². The van der Waals surface area contributed by atoms with Gasteiger partial charge in [-0.2, -0.15) is 0 Å². The Labute approximate surface area is 79.2 Å². The standard InChI is InChI=1S/C10H7F2NO/c1-6-2-3-7(10(12)9(6)11)8-4-13-5-14-8/h2-5H,1H3. The van der Waals surface area contributed by atoms with Crippen LogP contribution in [0.5, 0.6) is 0 Å². The van der Waals surface area contributed by atoms with Gasteiger partial charge in [0.1, 0.15) is 0 Å². The maximum atomic E-state index is 13.4. The highest BCUT2D eigenvalue weighted by Gasteiger charge is 2.14. The van der Waals surface area contributed by atoms with Crippen LogP contribution in [0.3, 0.4) is 0 Å². The number of nitrogens with zero attached hydrogens (tertiary/aromatic N) is 1. The molecule has 0 unspecified atom stereocenters. The van der Waals surface area contributed by atoms with Crippen molar-refractivity contribution >= 4 is 0 Å². The summed E-state index contributed by atoms with van der Waals surface area (Å²) < 4.78 is 31.4. The number of aryl methyl sites for hydroxylation is 1. The molecular formula is C10H7F2NO. The zero-order valence-corrected chi connectivity index (χ0v) is 7.42. The van der Waals surface area contributed by atoms with Crippen molar-refractivity contribution in [2.24, 2.45) is 0 Å². The minimum absolute atomic E-state index is 0.0885. The number of rotatable bonds is 1. The van der Waals surface area contributed by atoms with E-state index >= 15 is 0 Å². The lowest BCUT2D eigenvalue weighted by molar-refractivity contribution is 0.498. The van der Waals surface area contributed by atoms with Crippen molar-refractivity contribution in [3.63, 3.8) is 0 Å². The molecule has 72 valence electrons. The number of hydrogen-bond donors (Lipinski definition) is 0. The summed E-state index contributed by atoms with van der Waals surface area (Å²) in [4.78, 5) is 3.64. The molecule has 1 aromatic carbocycles. The van der Waals surface area contributed by atoms with Gasteiger partial charge in [0.05, 0.1) is 11.8 Å². The quantitative estimate of drug-likeness (QED) is 0.699. The lowest BCUT2D eigenvalue weighted by Gasteiger charge is -2.02. The Balaban J connectivity index is 2.61. The van der Waals surface area contributed by atoms with Crippen LogP contribution in [0.1, 0.15) is 5.56 Å². The summed E-state index contributed by atoms with van der Waals surface area (Å²) >= 11 is 0. The third kappa shape index (κ3) is 1.28. The van der Waals surface area contributed by atoms with Crippen molar-refractivity contribution in [3.8, 4) is 11.3 Å². The van der Waals surface area contributed by atoms with E-state index in [1.165, 1.54) is 31.6 Å². The molecular weight excluding hydrogens is 188 g/mol. The smallest absolute Gasteiger partial charge is 0.181 e. The van der Waals surface area contributed by atoms with Crippen LogP contribution in [0.15, 0.2) is 29.1 Å². The molecule has 2 rings (SSSR count). The first-order valence-corrected chi connectivity index (χ1v) is 4.03. The molecule has 1 aromatic heterocycles. The molecule has 0 aliphatic carbocycles. The average Bonchev–Trinajstić information content (AvgIpc) is 2.67. The molecule has 0 atom stereocenters. The van der Waals surface area contributed by atoms with Crippen molar-refractivity contribution < 1.29 is 13.2 Å². The summed E-state index contributed by atoms with van der Waals surface area (Å²) in [6, 6.07) is 2.96. The largest absolute Gasteiger partial charge is 0.443 e. The van der Waals surface area contributed by atoms with Gasteiger partial charge < -0.3 is 4.42 Å². The minimum Gasteiger partial charge on any atom is -0.443 e. The molecule has 0 amide bonds. The first kappa shape index (κ1) is 8.87. The predicted octanol–water partition coefficient (Wildman–Crippen LogP) is 2.93. The van der Waals surface area contributed by atoms with Crippen molar-refractivity contribution in [3.05, 3.63) is 41.9 Å². The van der Waals surface area contributed by atoms with Crippen LogP contribution in [0.25, 0.3) is 11.3 Å². The number of oxazole rings is 1. The predicted molar refractivity (Wildman–Crippen MR) is 46.6 cm³/mol. The van der Waals surface area contributed by atoms with Gasteiger partial charge in [-0.1, -0.05) is 6.07 Å². The van der Waals surface area contributed by atoms with Crippen LogP contribution < -0.4 is 0 Å². The molecule has 0 saturated heterocycles. The molecule has 0 radical (unpaired) electrons. The third-order valence-corrected chi connectivity index (χ3v) is 1.97. The summed E-state index contributed by atoms with van der Waals surface area (Å²) in [5.74, 6) is -1.53. The molecule has 0 fully saturated rings. The van der Waals surface area contributed by atoms with Gasteiger partial charge in [0, 0.05) is 0 Å². The molecule has 4 heteroatoms. The maximum absolute atomic E-state index is 13.4. The van der Waals surface area contributed by atoms with E-state index < -0.39 is 11.6 Å². The fourth-order valence-corrected chi connectivity index (χ4v) is 1.19. The second-order valence-corrected chi connectivity index (χ2v) is 2.92. The van der Waals surface area contributed by atoms with E-state index in [1.54, 1.807) is 0 Å². The first-order chi connectivity index (χ1) is 6.70. The second kappa shape index (κ2) is 3.21. The highest BCUT2D eigenvalue weighted by molar-refractivity contribution is 5.57. The molecule has 0 bridgehead atoms. The molecule has 0 spiro atoms. The Kier molecular flexibility index (Phi) is 2.04. The van der Waals surface area contributed by atoms with Gasteiger partial charge in [-0.05, 0) is 18.6 Å². The Hall–Kier alpha value is -1.71. The van der Waals surface area contributed by atoms with Gasteiger partial charge in [-0.3, -0.25) is 0 Å². The Morgan fingerprint density at radius 3 is 2.64 bits per heavy atom. The van der Waals surface area contributed by atoms with E-state index in [-0.39, 0.29) is 16.9 Å². The van der Waals surface area contributed by atoms with E-state index in [0.29, 0.717) is 0 Å². The van der Waals surface area contributed by atoms with Crippen molar-refractivity contribution in [2.75, 3.05) is 0 Å². The molecule has 2 nitrogen and oxygen atoms in total. The lowest BCUT2D eigenvalue weighted by Crippen LogP contribution is -1.91. The summed E-state index contributed by atoms with van der Waals surface area (Å²) in [6.45, 7) is 1.50. The summed E-state index contributed by atoms with van der Waals surface area (Å²) in [7, 11) is 0. The average molecular weight is 195 g/mol. The van der Waals surface area contributed by atoms with E-state index in [1.807, 2.05) is 0 Å². The van der Waals surface area contributed by atoms with E-state index in [0.717, 1.165) is 0 Å². The normalized spacial score (nSPS) is 10.5. The first-order valence-electron chi connectivity index (χ1n) is 4.03. The van der Waals surface area contributed by atoms with Crippen LogP contribution in [-0.4, -0.2) is 4.98 Å². The van der Waals surface area contributed by atoms with Crippen LogP contribution in [0.2, 0.25) is 0 Å². The van der Waals surface area contributed by atoms with Gasteiger partial charge in [0.15, 0.2) is 23.8 Å². The maximum Gasteiger partial charge on any atom is 0.181 e.